The summed E-state index contributed by atoms with van der Waals surface area (Å²) < 4.78 is 6.43. The van der Waals surface area contributed by atoms with Crippen molar-refractivity contribution in [2.45, 2.75) is 18.9 Å². The minimum absolute atomic E-state index is 0. The van der Waals surface area contributed by atoms with Crippen molar-refractivity contribution in [3.8, 4) is 10.6 Å². The number of para-hydroxylation sites is 1. The normalized spacial score (nSPS) is 19.0. The summed E-state index contributed by atoms with van der Waals surface area (Å²) in [6, 6.07) is 7.81. The largest absolute Gasteiger partial charge is 0.378 e. The third kappa shape index (κ3) is 4.51. The Balaban J connectivity index is 0.00000231. The number of amides is 1. The minimum Gasteiger partial charge on any atom is -0.378 e. The lowest BCUT2D eigenvalue weighted by Gasteiger charge is -2.29. The first-order valence-electron chi connectivity index (χ1n) is 10.0. The standard InChI is InChI=1S/C20H22N6O3S.ClH/c27-15-6-5-12(11-21-15)22-17-16(19-23-13-3-1-2-4-14(13)30-19)18(28)25-20(24-17)26-7-9-29-10-8-26;/h1-4,12H,5-11H2,(H,21,27)(H2,22,24,25,28);1H/t12-;/m1./s1. The zero-order valence-electron chi connectivity index (χ0n) is 16.7. The Morgan fingerprint density at radius 3 is 2.71 bits per heavy atom. The van der Waals surface area contributed by atoms with E-state index < -0.39 is 0 Å². The monoisotopic (exact) mass is 462 g/mol. The van der Waals surface area contributed by atoms with Crippen molar-refractivity contribution in [3.05, 3.63) is 34.6 Å². The number of fused-ring (bicyclic) bond motifs is 1. The lowest BCUT2D eigenvalue weighted by Crippen LogP contribution is -2.43. The van der Waals surface area contributed by atoms with Crippen molar-refractivity contribution >= 4 is 51.6 Å². The van der Waals surface area contributed by atoms with Crippen LogP contribution >= 0.6 is 23.7 Å². The molecule has 164 valence electrons. The molecule has 1 amide bonds. The summed E-state index contributed by atoms with van der Waals surface area (Å²) in [7, 11) is 0. The molecular weight excluding hydrogens is 440 g/mol. The van der Waals surface area contributed by atoms with Crippen molar-refractivity contribution < 1.29 is 9.53 Å². The van der Waals surface area contributed by atoms with Crippen LogP contribution in [0.25, 0.3) is 20.8 Å². The summed E-state index contributed by atoms with van der Waals surface area (Å²) in [5, 5.41) is 6.89. The average Bonchev–Trinajstić information content (AvgIpc) is 3.19. The number of anilines is 2. The van der Waals surface area contributed by atoms with E-state index in [9.17, 15) is 9.59 Å². The predicted octanol–water partition coefficient (Wildman–Crippen LogP) is 2.00. The van der Waals surface area contributed by atoms with Gasteiger partial charge >= 0.3 is 0 Å². The van der Waals surface area contributed by atoms with Crippen LogP contribution in [-0.4, -0.2) is 59.7 Å². The summed E-state index contributed by atoms with van der Waals surface area (Å²) in [5.41, 5.74) is 1.06. The van der Waals surface area contributed by atoms with Crippen LogP contribution in [0.2, 0.25) is 0 Å². The number of rotatable bonds is 4. The zero-order chi connectivity index (χ0) is 20.5. The van der Waals surface area contributed by atoms with E-state index in [1.165, 1.54) is 11.3 Å². The number of hydrogen-bond acceptors (Lipinski definition) is 8. The quantitative estimate of drug-likeness (QED) is 0.543. The van der Waals surface area contributed by atoms with Gasteiger partial charge in [-0.05, 0) is 18.6 Å². The molecule has 1 aromatic carbocycles. The Kier molecular flexibility index (Phi) is 6.40. The summed E-state index contributed by atoms with van der Waals surface area (Å²) in [4.78, 5) is 39.1. The number of ether oxygens (including phenoxy) is 1. The molecule has 2 aliphatic heterocycles. The fourth-order valence-corrected chi connectivity index (χ4v) is 4.73. The third-order valence-corrected chi connectivity index (χ3v) is 6.39. The highest BCUT2D eigenvalue weighted by Crippen LogP contribution is 2.32. The molecule has 3 aromatic rings. The number of aromatic nitrogens is 3. The van der Waals surface area contributed by atoms with Crippen LogP contribution in [0.3, 0.4) is 0 Å². The first-order valence-corrected chi connectivity index (χ1v) is 10.9. The van der Waals surface area contributed by atoms with Gasteiger partial charge in [-0.2, -0.15) is 4.98 Å². The molecule has 2 aliphatic rings. The lowest BCUT2D eigenvalue weighted by molar-refractivity contribution is -0.122. The smallest absolute Gasteiger partial charge is 0.264 e. The maximum absolute atomic E-state index is 13.2. The van der Waals surface area contributed by atoms with E-state index in [1.54, 1.807) is 0 Å². The number of nitrogens with zero attached hydrogens (tertiary/aromatic N) is 3. The molecule has 0 bridgehead atoms. The number of benzene rings is 1. The third-order valence-electron chi connectivity index (χ3n) is 5.33. The van der Waals surface area contributed by atoms with Crippen molar-refractivity contribution in [1.29, 1.82) is 0 Å². The van der Waals surface area contributed by atoms with Gasteiger partial charge in [-0.25, -0.2) is 4.98 Å². The second kappa shape index (κ2) is 9.21. The first kappa shape index (κ1) is 21.5. The fourth-order valence-electron chi connectivity index (χ4n) is 3.72. The van der Waals surface area contributed by atoms with Gasteiger partial charge < -0.3 is 20.3 Å². The van der Waals surface area contributed by atoms with Crippen LogP contribution < -0.4 is 21.1 Å². The Morgan fingerprint density at radius 2 is 1.97 bits per heavy atom. The van der Waals surface area contributed by atoms with Crippen molar-refractivity contribution in [2.75, 3.05) is 43.1 Å². The maximum Gasteiger partial charge on any atom is 0.264 e. The number of halogens is 1. The lowest BCUT2D eigenvalue weighted by atomic mass is 10.1. The Hall–Kier alpha value is -2.69. The van der Waals surface area contributed by atoms with E-state index in [4.69, 9.17) is 9.72 Å². The van der Waals surface area contributed by atoms with Crippen LogP contribution in [0.1, 0.15) is 12.8 Å². The van der Waals surface area contributed by atoms with E-state index in [-0.39, 0.29) is 29.9 Å². The minimum atomic E-state index is -0.229. The number of hydrogen-bond donors (Lipinski definition) is 3. The number of nitrogens with one attached hydrogen (secondary N) is 3. The van der Waals surface area contributed by atoms with Gasteiger partial charge in [-0.1, -0.05) is 12.1 Å². The van der Waals surface area contributed by atoms with Crippen LogP contribution in [-0.2, 0) is 9.53 Å². The molecule has 5 rings (SSSR count). The van der Waals surface area contributed by atoms with Crippen molar-refractivity contribution in [2.24, 2.45) is 0 Å². The molecule has 0 saturated carbocycles. The average molecular weight is 463 g/mol. The van der Waals surface area contributed by atoms with Gasteiger partial charge in [0.25, 0.3) is 5.56 Å². The highest BCUT2D eigenvalue weighted by molar-refractivity contribution is 7.21. The first-order chi connectivity index (χ1) is 14.7. The zero-order valence-corrected chi connectivity index (χ0v) is 18.4. The predicted molar refractivity (Wildman–Crippen MR) is 123 cm³/mol. The van der Waals surface area contributed by atoms with Gasteiger partial charge in [0, 0.05) is 32.1 Å². The second-order valence-corrected chi connectivity index (χ2v) is 8.41. The van der Waals surface area contributed by atoms with Crippen LogP contribution in [0.15, 0.2) is 29.1 Å². The van der Waals surface area contributed by atoms with E-state index in [2.05, 4.69) is 20.6 Å². The van der Waals surface area contributed by atoms with E-state index in [1.807, 2.05) is 29.2 Å². The topological polar surface area (TPSA) is 112 Å². The summed E-state index contributed by atoms with van der Waals surface area (Å²) in [6.07, 6.45) is 1.14. The molecule has 9 nitrogen and oxygen atoms in total. The molecule has 4 heterocycles. The molecule has 2 saturated heterocycles. The number of piperidine rings is 1. The number of carbonyl (C=O) groups is 1. The number of aromatic amines is 1. The van der Waals surface area contributed by atoms with E-state index in [0.717, 1.165) is 10.2 Å². The fraction of sp³-hybridized carbons (Fsp3) is 0.400. The summed E-state index contributed by atoms with van der Waals surface area (Å²) in [5.74, 6) is 1.07. The molecule has 0 spiro atoms. The summed E-state index contributed by atoms with van der Waals surface area (Å²) >= 11 is 1.47. The molecule has 2 aromatic heterocycles. The Bertz CT molecular complexity index is 1100. The van der Waals surface area contributed by atoms with Gasteiger partial charge in [0.15, 0.2) is 0 Å². The van der Waals surface area contributed by atoms with E-state index >= 15 is 0 Å². The molecule has 0 aliphatic carbocycles. The highest BCUT2D eigenvalue weighted by Gasteiger charge is 2.24. The molecular formula is C20H23ClN6O3S. The molecule has 31 heavy (non-hydrogen) atoms. The van der Waals surface area contributed by atoms with Crippen LogP contribution in [0, 0.1) is 0 Å². The molecule has 3 N–H and O–H groups in total. The Labute approximate surface area is 188 Å². The van der Waals surface area contributed by atoms with Crippen molar-refractivity contribution in [3.63, 3.8) is 0 Å². The van der Waals surface area contributed by atoms with Crippen molar-refractivity contribution in [1.82, 2.24) is 20.3 Å². The van der Waals surface area contributed by atoms with Crippen LogP contribution in [0.5, 0.6) is 0 Å². The maximum atomic E-state index is 13.2. The molecule has 2 fully saturated rings. The number of morpholine rings is 1. The van der Waals surface area contributed by atoms with Gasteiger partial charge in [0.2, 0.25) is 11.9 Å². The summed E-state index contributed by atoms with van der Waals surface area (Å²) in [6.45, 7) is 3.03. The molecule has 1 atom stereocenters. The number of H-pyrrole nitrogens is 1. The molecule has 0 radical (unpaired) electrons. The van der Waals surface area contributed by atoms with E-state index in [0.29, 0.717) is 68.0 Å². The SMILES string of the molecule is Cl.O=C1CC[C@@H](Nc2nc(N3CCOCC3)[nH]c(=O)c2-c2nc3ccccc3s2)CN1. The molecule has 0 unspecified atom stereocenters. The van der Waals surface area contributed by atoms with Gasteiger partial charge in [-0.15, -0.1) is 23.7 Å². The number of thiazole rings is 1. The van der Waals surface area contributed by atoms with Crippen LogP contribution in [0.4, 0.5) is 11.8 Å². The number of carbonyl (C=O) groups excluding carboxylic acids is 1. The van der Waals surface area contributed by atoms with Gasteiger partial charge in [-0.3, -0.25) is 14.6 Å². The Morgan fingerprint density at radius 1 is 1.16 bits per heavy atom. The van der Waals surface area contributed by atoms with Gasteiger partial charge in [0.1, 0.15) is 16.4 Å². The highest BCUT2D eigenvalue weighted by atomic mass is 35.5. The van der Waals surface area contributed by atoms with Gasteiger partial charge in [0.05, 0.1) is 23.4 Å². The molecule has 11 heteroatoms. The second-order valence-electron chi connectivity index (χ2n) is 7.38.